The molecule has 8 nitrogen and oxygen atoms in total. The number of carbonyl (C=O) groups excluding carboxylic acids is 1. The molecule has 0 aromatic carbocycles. The van der Waals surface area contributed by atoms with Gasteiger partial charge in [-0.1, -0.05) is 0 Å². The molecule has 2 aromatic rings. The predicted molar refractivity (Wildman–Crippen MR) is 67.5 cm³/mol. The maximum Gasteiger partial charge on any atom is 0.219 e. The van der Waals surface area contributed by atoms with Gasteiger partial charge in [-0.2, -0.15) is 0 Å². The summed E-state index contributed by atoms with van der Waals surface area (Å²) in [6, 6.07) is 4.01. The zero-order valence-corrected chi connectivity index (χ0v) is 10.7. The van der Waals surface area contributed by atoms with Crippen molar-refractivity contribution in [3.8, 4) is 0 Å². The Kier molecular flexibility index (Phi) is 2.98. The van der Waals surface area contributed by atoms with Crippen LogP contribution in [0.4, 0.5) is 5.82 Å². The lowest BCUT2D eigenvalue weighted by Gasteiger charge is -2.31. The van der Waals surface area contributed by atoms with Crippen LogP contribution in [-0.4, -0.2) is 55.2 Å². The number of fused-ring (bicyclic) bond motifs is 1. The van der Waals surface area contributed by atoms with Crippen LogP contribution in [0.3, 0.4) is 0 Å². The summed E-state index contributed by atoms with van der Waals surface area (Å²) in [6.07, 6.45) is 1.85. The van der Waals surface area contributed by atoms with Crippen molar-refractivity contribution < 1.29 is 4.79 Å². The number of likely N-dealkylation sites (tertiary alicyclic amines) is 1. The lowest BCUT2D eigenvalue weighted by atomic mass is 10.1. The average molecular weight is 261 g/mol. The van der Waals surface area contributed by atoms with Crippen molar-refractivity contribution in [1.29, 1.82) is 0 Å². The summed E-state index contributed by atoms with van der Waals surface area (Å²) in [4.78, 5) is 13.1. The highest BCUT2D eigenvalue weighted by Crippen LogP contribution is 2.15. The topological polar surface area (TPSA) is 88.3 Å². The monoisotopic (exact) mass is 261 g/mol. The molecule has 3 rings (SSSR count). The van der Waals surface area contributed by atoms with Crippen LogP contribution in [0.2, 0.25) is 0 Å². The van der Waals surface area contributed by atoms with Crippen LogP contribution in [0, 0.1) is 0 Å². The molecule has 0 spiro atoms. The third-order valence-electron chi connectivity index (χ3n) is 3.36. The number of anilines is 1. The van der Waals surface area contributed by atoms with Gasteiger partial charge in [0.1, 0.15) is 5.82 Å². The van der Waals surface area contributed by atoms with Gasteiger partial charge in [0.15, 0.2) is 5.65 Å². The predicted octanol–water partition coefficient (Wildman–Crippen LogP) is -0.0579. The van der Waals surface area contributed by atoms with E-state index in [-0.39, 0.29) is 5.91 Å². The number of rotatable bonds is 2. The highest BCUT2D eigenvalue weighted by atomic mass is 16.2. The van der Waals surface area contributed by atoms with Crippen LogP contribution in [0.1, 0.15) is 19.8 Å². The standard InChI is InChI=1S/C11H15N7O/c1-8(19)17-6-4-9(5-7-17)12-10-2-3-11-13-15-16-18(11)14-10/h2-3,9H,4-7H2,1H3,(H,12,14). The minimum absolute atomic E-state index is 0.145. The first-order valence-corrected chi connectivity index (χ1v) is 6.30. The number of nitrogens with zero attached hydrogens (tertiary/aromatic N) is 6. The molecule has 1 fully saturated rings. The third kappa shape index (κ3) is 2.47. The van der Waals surface area contributed by atoms with E-state index in [1.165, 1.54) is 4.63 Å². The van der Waals surface area contributed by atoms with E-state index < -0.39 is 0 Å². The number of aromatic nitrogens is 5. The quantitative estimate of drug-likeness (QED) is 0.815. The molecule has 0 unspecified atom stereocenters. The van der Waals surface area contributed by atoms with E-state index in [4.69, 9.17) is 0 Å². The van der Waals surface area contributed by atoms with E-state index in [1.54, 1.807) is 6.92 Å². The van der Waals surface area contributed by atoms with Gasteiger partial charge in [0.2, 0.25) is 5.91 Å². The van der Waals surface area contributed by atoms with Crippen LogP contribution >= 0.6 is 0 Å². The smallest absolute Gasteiger partial charge is 0.219 e. The van der Waals surface area contributed by atoms with E-state index in [0.717, 1.165) is 31.7 Å². The molecule has 1 N–H and O–H groups in total. The fourth-order valence-electron chi connectivity index (χ4n) is 2.27. The molecule has 1 saturated heterocycles. The summed E-state index contributed by atoms with van der Waals surface area (Å²) in [5.74, 6) is 0.896. The summed E-state index contributed by atoms with van der Waals surface area (Å²) in [6.45, 7) is 3.20. The minimum atomic E-state index is 0.145. The van der Waals surface area contributed by atoms with Crippen molar-refractivity contribution >= 4 is 17.4 Å². The van der Waals surface area contributed by atoms with Crippen molar-refractivity contribution in [2.45, 2.75) is 25.8 Å². The lowest BCUT2D eigenvalue weighted by Crippen LogP contribution is -2.41. The zero-order valence-electron chi connectivity index (χ0n) is 10.7. The highest BCUT2D eigenvalue weighted by Gasteiger charge is 2.20. The Hall–Kier alpha value is -2.25. The second kappa shape index (κ2) is 4.79. The molecular weight excluding hydrogens is 246 g/mol. The molecule has 0 radical (unpaired) electrons. The van der Waals surface area contributed by atoms with E-state index in [1.807, 2.05) is 17.0 Å². The molecule has 3 heterocycles. The van der Waals surface area contributed by atoms with Crippen LogP contribution in [0.5, 0.6) is 0 Å². The van der Waals surface area contributed by atoms with Gasteiger partial charge in [0, 0.05) is 26.1 Å². The Morgan fingerprint density at radius 2 is 2.16 bits per heavy atom. The zero-order chi connectivity index (χ0) is 13.2. The number of nitrogens with one attached hydrogen (secondary N) is 1. The summed E-state index contributed by atoms with van der Waals surface area (Å²) in [7, 11) is 0. The van der Waals surface area contributed by atoms with E-state index in [0.29, 0.717) is 11.7 Å². The van der Waals surface area contributed by atoms with Gasteiger partial charge in [-0.15, -0.1) is 14.8 Å². The molecule has 0 saturated carbocycles. The molecule has 1 amide bonds. The van der Waals surface area contributed by atoms with Crippen molar-refractivity contribution in [3.05, 3.63) is 12.1 Å². The SMILES string of the molecule is CC(=O)N1CCC(Nc2ccc3nnnn3n2)CC1. The van der Waals surface area contributed by atoms with Crippen molar-refractivity contribution in [2.75, 3.05) is 18.4 Å². The summed E-state index contributed by atoms with van der Waals surface area (Å²) in [5, 5.41) is 18.7. The van der Waals surface area contributed by atoms with Gasteiger partial charge in [0.05, 0.1) is 0 Å². The lowest BCUT2D eigenvalue weighted by molar-refractivity contribution is -0.129. The van der Waals surface area contributed by atoms with Crippen LogP contribution in [0.15, 0.2) is 12.1 Å². The van der Waals surface area contributed by atoms with Gasteiger partial charge in [-0.05, 0) is 35.4 Å². The van der Waals surface area contributed by atoms with E-state index in [2.05, 4.69) is 25.9 Å². The Morgan fingerprint density at radius 1 is 1.37 bits per heavy atom. The van der Waals surface area contributed by atoms with E-state index >= 15 is 0 Å². The van der Waals surface area contributed by atoms with Gasteiger partial charge in [-0.3, -0.25) is 4.79 Å². The average Bonchev–Trinajstić information content (AvgIpc) is 2.87. The molecule has 0 aliphatic carbocycles. The molecule has 100 valence electrons. The third-order valence-corrected chi connectivity index (χ3v) is 3.36. The Bertz CT molecular complexity index is 587. The fourth-order valence-corrected chi connectivity index (χ4v) is 2.27. The largest absolute Gasteiger partial charge is 0.366 e. The first kappa shape index (κ1) is 11.8. The van der Waals surface area contributed by atoms with Crippen LogP contribution in [0.25, 0.3) is 5.65 Å². The number of carbonyl (C=O) groups is 1. The van der Waals surface area contributed by atoms with Gasteiger partial charge >= 0.3 is 0 Å². The number of tetrazole rings is 1. The van der Waals surface area contributed by atoms with Crippen molar-refractivity contribution in [2.24, 2.45) is 0 Å². The Labute approximate surface area is 109 Å². The second-order valence-electron chi connectivity index (χ2n) is 4.67. The summed E-state index contributed by atoms with van der Waals surface area (Å²) < 4.78 is 1.40. The van der Waals surface area contributed by atoms with Gasteiger partial charge < -0.3 is 10.2 Å². The molecule has 0 atom stereocenters. The van der Waals surface area contributed by atoms with Crippen molar-refractivity contribution in [1.82, 2.24) is 30.2 Å². The first-order chi connectivity index (χ1) is 9.22. The molecule has 1 aliphatic rings. The van der Waals surface area contributed by atoms with Crippen molar-refractivity contribution in [3.63, 3.8) is 0 Å². The molecule has 19 heavy (non-hydrogen) atoms. The molecule has 1 aliphatic heterocycles. The van der Waals surface area contributed by atoms with Gasteiger partial charge in [0.25, 0.3) is 0 Å². The molecular formula is C11H15N7O. The molecule has 2 aromatic heterocycles. The first-order valence-electron chi connectivity index (χ1n) is 6.30. The number of amides is 1. The van der Waals surface area contributed by atoms with Crippen LogP contribution in [-0.2, 0) is 4.79 Å². The molecule has 8 heteroatoms. The number of piperidine rings is 1. The summed E-state index contributed by atoms with van der Waals surface area (Å²) >= 11 is 0. The van der Waals surface area contributed by atoms with Crippen LogP contribution < -0.4 is 5.32 Å². The van der Waals surface area contributed by atoms with E-state index in [9.17, 15) is 4.79 Å². The molecule has 0 bridgehead atoms. The number of hydrogen-bond donors (Lipinski definition) is 1. The van der Waals surface area contributed by atoms with Gasteiger partial charge in [-0.25, -0.2) is 0 Å². The Morgan fingerprint density at radius 3 is 2.89 bits per heavy atom. The number of hydrogen-bond acceptors (Lipinski definition) is 6. The Balaban J connectivity index is 1.64. The fraction of sp³-hybridized carbons (Fsp3) is 0.545. The minimum Gasteiger partial charge on any atom is -0.366 e. The highest BCUT2D eigenvalue weighted by molar-refractivity contribution is 5.73. The second-order valence-corrected chi connectivity index (χ2v) is 4.67. The maximum absolute atomic E-state index is 11.2. The maximum atomic E-state index is 11.2. The summed E-state index contributed by atoms with van der Waals surface area (Å²) in [5.41, 5.74) is 0.622. The normalized spacial score (nSPS) is 16.8.